The van der Waals surface area contributed by atoms with Crippen LogP contribution in [0.1, 0.15) is 10.4 Å². The van der Waals surface area contributed by atoms with Crippen molar-refractivity contribution in [3.8, 4) is 5.75 Å². The SMILES string of the molecule is COCCNCCNC(=O)c1ccc(O)cc1. The van der Waals surface area contributed by atoms with Crippen molar-refractivity contribution < 1.29 is 14.6 Å². The number of aromatic hydroxyl groups is 1. The van der Waals surface area contributed by atoms with Crippen LogP contribution in [0.5, 0.6) is 5.75 Å². The predicted octanol–water partition coefficient (Wildman–Crippen LogP) is 0.358. The van der Waals surface area contributed by atoms with Crippen LogP contribution < -0.4 is 10.6 Å². The van der Waals surface area contributed by atoms with Gasteiger partial charge in [0.15, 0.2) is 0 Å². The summed E-state index contributed by atoms with van der Waals surface area (Å²) in [6, 6.07) is 6.16. The van der Waals surface area contributed by atoms with Crippen LogP contribution in [0.15, 0.2) is 24.3 Å². The first-order valence-electron chi connectivity index (χ1n) is 5.51. The van der Waals surface area contributed by atoms with E-state index in [0.717, 1.165) is 6.54 Å². The van der Waals surface area contributed by atoms with Gasteiger partial charge >= 0.3 is 0 Å². The van der Waals surface area contributed by atoms with E-state index in [9.17, 15) is 4.79 Å². The molecule has 0 aliphatic carbocycles. The van der Waals surface area contributed by atoms with Gasteiger partial charge < -0.3 is 20.5 Å². The molecule has 1 rings (SSSR count). The van der Waals surface area contributed by atoms with Gasteiger partial charge in [-0.2, -0.15) is 0 Å². The molecular formula is C12H18N2O3. The van der Waals surface area contributed by atoms with Crippen molar-refractivity contribution in [3.05, 3.63) is 29.8 Å². The molecular weight excluding hydrogens is 220 g/mol. The zero-order valence-electron chi connectivity index (χ0n) is 9.90. The summed E-state index contributed by atoms with van der Waals surface area (Å²) in [7, 11) is 1.65. The molecule has 0 unspecified atom stereocenters. The third kappa shape index (κ3) is 5.33. The van der Waals surface area contributed by atoms with Crippen LogP contribution in [-0.2, 0) is 4.74 Å². The van der Waals surface area contributed by atoms with Crippen molar-refractivity contribution in [2.45, 2.75) is 0 Å². The van der Waals surface area contributed by atoms with Crippen molar-refractivity contribution in [1.29, 1.82) is 0 Å². The molecule has 17 heavy (non-hydrogen) atoms. The normalized spacial score (nSPS) is 10.2. The number of carbonyl (C=O) groups excluding carboxylic acids is 1. The van der Waals surface area contributed by atoms with Crippen molar-refractivity contribution in [1.82, 2.24) is 10.6 Å². The van der Waals surface area contributed by atoms with Gasteiger partial charge in [0.1, 0.15) is 5.75 Å². The molecule has 3 N–H and O–H groups in total. The van der Waals surface area contributed by atoms with Crippen molar-refractivity contribution in [2.24, 2.45) is 0 Å². The molecule has 0 fully saturated rings. The second kappa shape index (κ2) is 7.65. The third-order valence-electron chi connectivity index (χ3n) is 2.20. The molecule has 5 heteroatoms. The van der Waals surface area contributed by atoms with Gasteiger partial charge in [0.2, 0.25) is 0 Å². The molecule has 0 saturated carbocycles. The maximum Gasteiger partial charge on any atom is 0.251 e. The Bertz CT molecular complexity index is 338. The number of carbonyl (C=O) groups is 1. The van der Waals surface area contributed by atoms with E-state index < -0.39 is 0 Å². The van der Waals surface area contributed by atoms with Crippen LogP contribution in [0.2, 0.25) is 0 Å². The highest BCUT2D eigenvalue weighted by Crippen LogP contribution is 2.08. The van der Waals surface area contributed by atoms with Crippen LogP contribution in [0.3, 0.4) is 0 Å². The first kappa shape index (κ1) is 13.5. The summed E-state index contributed by atoms with van der Waals surface area (Å²) in [5.74, 6) is 0.0151. The molecule has 94 valence electrons. The van der Waals surface area contributed by atoms with Gasteiger partial charge in [0, 0.05) is 32.3 Å². The Kier molecular flexibility index (Phi) is 6.06. The zero-order chi connectivity index (χ0) is 12.5. The third-order valence-corrected chi connectivity index (χ3v) is 2.20. The van der Waals surface area contributed by atoms with E-state index in [-0.39, 0.29) is 11.7 Å². The zero-order valence-corrected chi connectivity index (χ0v) is 9.90. The first-order chi connectivity index (χ1) is 8.24. The lowest BCUT2D eigenvalue weighted by atomic mass is 10.2. The number of nitrogens with one attached hydrogen (secondary N) is 2. The van der Waals surface area contributed by atoms with Crippen LogP contribution in [0, 0.1) is 0 Å². The molecule has 0 bridgehead atoms. The summed E-state index contributed by atoms with van der Waals surface area (Å²) < 4.78 is 4.88. The molecule has 0 aliphatic rings. The number of phenolic OH excluding ortho intramolecular Hbond substituents is 1. The maximum absolute atomic E-state index is 11.6. The van der Waals surface area contributed by atoms with Crippen LogP contribution in [0.25, 0.3) is 0 Å². The monoisotopic (exact) mass is 238 g/mol. The minimum Gasteiger partial charge on any atom is -0.508 e. The topological polar surface area (TPSA) is 70.6 Å². The summed E-state index contributed by atoms with van der Waals surface area (Å²) in [6.45, 7) is 2.69. The second-order valence-electron chi connectivity index (χ2n) is 3.55. The van der Waals surface area contributed by atoms with E-state index in [1.54, 1.807) is 19.2 Å². The minimum absolute atomic E-state index is 0.140. The quantitative estimate of drug-likeness (QED) is 0.600. The van der Waals surface area contributed by atoms with Gasteiger partial charge in [-0.3, -0.25) is 4.79 Å². The summed E-state index contributed by atoms with van der Waals surface area (Å²) in [5, 5.41) is 15.0. The van der Waals surface area contributed by atoms with Gasteiger partial charge in [-0.15, -0.1) is 0 Å². The Morgan fingerprint density at radius 1 is 1.24 bits per heavy atom. The summed E-state index contributed by atoms with van der Waals surface area (Å²) in [5.41, 5.74) is 0.541. The van der Waals surface area contributed by atoms with Gasteiger partial charge in [0.25, 0.3) is 5.91 Å². The van der Waals surface area contributed by atoms with Crippen molar-refractivity contribution in [3.63, 3.8) is 0 Å². The highest BCUT2D eigenvalue weighted by Gasteiger charge is 2.03. The van der Waals surface area contributed by atoms with Crippen LogP contribution in [0.4, 0.5) is 0 Å². The Hall–Kier alpha value is -1.59. The summed E-state index contributed by atoms with van der Waals surface area (Å²) >= 11 is 0. The fraction of sp³-hybridized carbons (Fsp3) is 0.417. The van der Waals surface area contributed by atoms with Gasteiger partial charge in [-0.25, -0.2) is 0 Å². The number of methoxy groups -OCH3 is 1. The van der Waals surface area contributed by atoms with Gasteiger partial charge in [-0.1, -0.05) is 0 Å². The molecule has 0 heterocycles. The van der Waals surface area contributed by atoms with E-state index in [1.165, 1.54) is 12.1 Å². The fourth-order valence-electron chi connectivity index (χ4n) is 1.28. The Morgan fingerprint density at radius 3 is 2.59 bits per heavy atom. The Labute approximate surface area is 101 Å². The van der Waals surface area contributed by atoms with Crippen molar-refractivity contribution in [2.75, 3.05) is 33.4 Å². The van der Waals surface area contributed by atoms with E-state index in [1.807, 2.05) is 0 Å². The molecule has 0 aliphatic heterocycles. The molecule has 5 nitrogen and oxygen atoms in total. The number of amides is 1. The lowest BCUT2D eigenvalue weighted by Crippen LogP contribution is -2.33. The molecule has 0 atom stereocenters. The molecule has 0 aromatic heterocycles. The number of phenols is 1. The van der Waals surface area contributed by atoms with Crippen LogP contribution in [-0.4, -0.2) is 44.4 Å². The predicted molar refractivity (Wildman–Crippen MR) is 65.2 cm³/mol. The molecule has 1 aromatic rings. The maximum atomic E-state index is 11.6. The summed E-state index contributed by atoms with van der Waals surface area (Å²) in [6.07, 6.45) is 0. The standard InChI is InChI=1S/C12H18N2O3/c1-17-9-8-13-6-7-14-12(16)10-2-4-11(15)5-3-10/h2-5,13,15H,6-9H2,1H3,(H,14,16). The Balaban J connectivity index is 2.19. The van der Waals surface area contributed by atoms with E-state index >= 15 is 0 Å². The van der Waals surface area contributed by atoms with E-state index in [2.05, 4.69) is 10.6 Å². The number of ether oxygens (including phenoxy) is 1. The van der Waals surface area contributed by atoms with Gasteiger partial charge in [0.05, 0.1) is 6.61 Å². The average Bonchev–Trinajstić information content (AvgIpc) is 2.34. The van der Waals surface area contributed by atoms with Gasteiger partial charge in [-0.05, 0) is 24.3 Å². The number of hydrogen-bond donors (Lipinski definition) is 3. The molecule has 1 amide bonds. The Morgan fingerprint density at radius 2 is 1.94 bits per heavy atom. The molecule has 0 saturated heterocycles. The second-order valence-corrected chi connectivity index (χ2v) is 3.55. The number of rotatable bonds is 7. The van der Waals surface area contributed by atoms with E-state index in [4.69, 9.17) is 9.84 Å². The highest BCUT2D eigenvalue weighted by atomic mass is 16.5. The van der Waals surface area contributed by atoms with Crippen LogP contribution >= 0.6 is 0 Å². The van der Waals surface area contributed by atoms with E-state index in [0.29, 0.717) is 25.3 Å². The number of hydrogen-bond acceptors (Lipinski definition) is 4. The van der Waals surface area contributed by atoms with Crippen molar-refractivity contribution >= 4 is 5.91 Å². The molecule has 0 spiro atoms. The first-order valence-corrected chi connectivity index (χ1v) is 5.51. The minimum atomic E-state index is -0.140. The molecule has 0 radical (unpaired) electrons. The number of benzene rings is 1. The average molecular weight is 238 g/mol. The smallest absolute Gasteiger partial charge is 0.251 e. The largest absolute Gasteiger partial charge is 0.508 e. The molecule has 1 aromatic carbocycles. The lowest BCUT2D eigenvalue weighted by Gasteiger charge is -2.06. The fourth-order valence-corrected chi connectivity index (χ4v) is 1.28. The summed E-state index contributed by atoms with van der Waals surface area (Å²) in [4.78, 5) is 11.6. The lowest BCUT2D eigenvalue weighted by molar-refractivity contribution is 0.0953. The highest BCUT2D eigenvalue weighted by molar-refractivity contribution is 5.94.